The van der Waals surface area contributed by atoms with Gasteiger partial charge in [-0.25, -0.2) is 14.8 Å². The number of carbonyl (C=O) groups excluding carboxylic acids is 1. The number of hydrogen-bond donors (Lipinski definition) is 2. The number of benzene rings is 1. The molecule has 0 unspecified atom stereocenters. The van der Waals surface area contributed by atoms with E-state index in [9.17, 15) is 9.59 Å². The molecule has 1 aromatic heterocycles. The Morgan fingerprint density at radius 3 is 2.50 bits per heavy atom. The molecular formula is C17H17N3O4. The number of amides is 1. The Morgan fingerprint density at radius 2 is 1.88 bits per heavy atom. The molecule has 2 aromatic rings. The van der Waals surface area contributed by atoms with E-state index in [1.54, 1.807) is 18.3 Å². The summed E-state index contributed by atoms with van der Waals surface area (Å²) in [6.07, 6.45) is 0.811. The first-order chi connectivity index (χ1) is 11.5. The third-order valence-corrected chi connectivity index (χ3v) is 3.79. The molecule has 3 rings (SSSR count). The van der Waals surface area contributed by atoms with E-state index in [0.29, 0.717) is 24.4 Å². The summed E-state index contributed by atoms with van der Waals surface area (Å²) in [5.41, 5.74) is 2.34. The normalized spacial score (nSPS) is 19.9. The molecule has 0 saturated carbocycles. The van der Waals surface area contributed by atoms with Gasteiger partial charge in [0.2, 0.25) is 0 Å². The van der Waals surface area contributed by atoms with Gasteiger partial charge in [0.15, 0.2) is 11.9 Å². The smallest absolute Gasteiger partial charge is 0.332 e. The Balaban J connectivity index is 1.64. The average Bonchev–Trinajstić information content (AvgIpc) is 3.06. The van der Waals surface area contributed by atoms with Crippen LogP contribution in [0.4, 0.5) is 5.69 Å². The van der Waals surface area contributed by atoms with E-state index in [4.69, 9.17) is 9.84 Å². The van der Waals surface area contributed by atoms with Gasteiger partial charge in [-0.2, -0.15) is 0 Å². The van der Waals surface area contributed by atoms with E-state index in [1.807, 2.05) is 25.1 Å². The van der Waals surface area contributed by atoms with Crippen LogP contribution in [0.2, 0.25) is 0 Å². The van der Waals surface area contributed by atoms with Crippen molar-refractivity contribution in [2.45, 2.75) is 32.0 Å². The molecule has 1 aromatic carbocycles. The Labute approximate surface area is 138 Å². The fraction of sp³-hybridized carbons (Fsp3) is 0.294. The number of carboxylic acid groups (broad SMARTS) is 1. The SMILES string of the molecule is Cc1ccnc(-c2ccc(NC(=O)[C@@H]3CC[C@H](C(=O)O)O3)cc2)n1. The summed E-state index contributed by atoms with van der Waals surface area (Å²) in [5.74, 6) is -0.748. The summed E-state index contributed by atoms with van der Waals surface area (Å²) < 4.78 is 5.23. The zero-order valence-electron chi connectivity index (χ0n) is 13.1. The Bertz CT molecular complexity index is 761. The minimum absolute atomic E-state index is 0.335. The lowest BCUT2D eigenvalue weighted by molar-refractivity contribution is -0.150. The van der Waals surface area contributed by atoms with Crippen molar-refractivity contribution in [3.63, 3.8) is 0 Å². The zero-order chi connectivity index (χ0) is 17.1. The molecule has 1 amide bonds. The van der Waals surface area contributed by atoms with Gasteiger partial charge in [0.05, 0.1) is 0 Å². The van der Waals surface area contributed by atoms with Gasteiger partial charge in [-0.15, -0.1) is 0 Å². The molecular weight excluding hydrogens is 310 g/mol. The van der Waals surface area contributed by atoms with Gasteiger partial charge in [0, 0.05) is 23.1 Å². The molecule has 0 radical (unpaired) electrons. The second-order valence-electron chi connectivity index (χ2n) is 5.62. The molecule has 2 atom stereocenters. The molecule has 0 aliphatic carbocycles. The summed E-state index contributed by atoms with van der Waals surface area (Å²) in [4.78, 5) is 31.5. The number of aryl methyl sites for hydroxylation is 1. The highest BCUT2D eigenvalue weighted by atomic mass is 16.5. The molecule has 2 N–H and O–H groups in total. The van der Waals surface area contributed by atoms with Crippen molar-refractivity contribution in [2.75, 3.05) is 5.32 Å². The number of carboxylic acids is 1. The van der Waals surface area contributed by atoms with Crippen molar-refractivity contribution in [1.29, 1.82) is 0 Å². The van der Waals surface area contributed by atoms with Crippen LogP contribution in [0.1, 0.15) is 18.5 Å². The lowest BCUT2D eigenvalue weighted by Crippen LogP contribution is -2.29. The van der Waals surface area contributed by atoms with Crippen LogP contribution in [0, 0.1) is 6.92 Å². The molecule has 7 nitrogen and oxygen atoms in total. The molecule has 1 saturated heterocycles. The number of ether oxygens (including phenoxy) is 1. The van der Waals surface area contributed by atoms with Crippen LogP contribution in [0.15, 0.2) is 36.5 Å². The van der Waals surface area contributed by atoms with Gasteiger partial charge >= 0.3 is 5.97 Å². The summed E-state index contributed by atoms with van der Waals surface area (Å²) in [5, 5.41) is 11.6. The number of rotatable bonds is 4. The minimum atomic E-state index is -1.03. The predicted octanol–water partition coefficient (Wildman–Crippen LogP) is 2.02. The van der Waals surface area contributed by atoms with E-state index in [0.717, 1.165) is 11.3 Å². The maximum absolute atomic E-state index is 12.1. The van der Waals surface area contributed by atoms with Crippen molar-refractivity contribution in [3.8, 4) is 11.4 Å². The molecule has 7 heteroatoms. The highest BCUT2D eigenvalue weighted by molar-refractivity contribution is 5.95. The van der Waals surface area contributed by atoms with E-state index in [-0.39, 0.29) is 5.91 Å². The van der Waals surface area contributed by atoms with Crippen LogP contribution in [0.3, 0.4) is 0 Å². The van der Waals surface area contributed by atoms with Gasteiger partial charge in [-0.3, -0.25) is 4.79 Å². The third kappa shape index (κ3) is 3.57. The second kappa shape index (κ2) is 6.76. The van der Waals surface area contributed by atoms with E-state index < -0.39 is 18.2 Å². The Morgan fingerprint density at radius 1 is 1.17 bits per heavy atom. The molecule has 2 heterocycles. The van der Waals surface area contributed by atoms with Crippen LogP contribution in [-0.4, -0.2) is 39.2 Å². The van der Waals surface area contributed by atoms with E-state index in [1.165, 1.54) is 0 Å². The van der Waals surface area contributed by atoms with Crippen LogP contribution in [0.5, 0.6) is 0 Å². The summed E-state index contributed by atoms with van der Waals surface area (Å²) in [7, 11) is 0. The number of nitrogens with one attached hydrogen (secondary N) is 1. The summed E-state index contributed by atoms with van der Waals surface area (Å²) >= 11 is 0. The van der Waals surface area contributed by atoms with Crippen molar-refractivity contribution in [1.82, 2.24) is 9.97 Å². The van der Waals surface area contributed by atoms with Crippen molar-refractivity contribution in [2.24, 2.45) is 0 Å². The van der Waals surface area contributed by atoms with Gasteiger partial charge in [-0.05, 0) is 50.1 Å². The molecule has 124 valence electrons. The summed E-state index contributed by atoms with van der Waals surface area (Å²) in [6, 6.07) is 8.97. The lowest BCUT2D eigenvalue weighted by Gasteiger charge is -2.12. The van der Waals surface area contributed by atoms with Crippen LogP contribution in [-0.2, 0) is 14.3 Å². The number of aromatic nitrogens is 2. The van der Waals surface area contributed by atoms with Crippen LogP contribution in [0.25, 0.3) is 11.4 Å². The highest BCUT2D eigenvalue weighted by Crippen LogP contribution is 2.22. The van der Waals surface area contributed by atoms with Gasteiger partial charge in [0.1, 0.15) is 6.10 Å². The van der Waals surface area contributed by atoms with Gasteiger partial charge in [-0.1, -0.05) is 0 Å². The quantitative estimate of drug-likeness (QED) is 0.891. The third-order valence-electron chi connectivity index (χ3n) is 3.79. The number of aliphatic carboxylic acids is 1. The Kier molecular flexibility index (Phi) is 4.52. The molecule has 0 spiro atoms. The summed E-state index contributed by atoms with van der Waals surface area (Å²) in [6.45, 7) is 1.89. The minimum Gasteiger partial charge on any atom is -0.479 e. The number of nitrogens with zero attached hydrogens (tertiary/aromatic N) is 2. The fourth-order valence-corrected chi connectivity index (χ4v) is 2.53. The van der Waals surface area contributed by atoms with Crippen LogP contribution >= 0.6 is 0 Å². The first-order valence-corrected chi connectivity index (χ1v) is 7.62. The number of hydrogen-bond acceptors (Lipinski definition) is 5. The monoisotopic (exact) mass is 327 g/mol. The maximum atomic E-state index is 12.1. The van der Waals surface area contributed by atoms with Gasteiger partial charge < -0.3 is 15.2 Å². The van der Waals surface area contributed by atoms with Crippen molar-refractivity contribution >= 4 is 17.6 Å². The molecule has 1 aliphatic heterocycles. The fourth-order valence-electron chi connectivity index (χ4n) is 2.53. The van der Waals surface area contributed by atoms with Gasteiger partial charge in [0.25, 0.3) is 5.91 Å². The average molecular weight is 327 g/mol. The molecule has 1 fully saturated rings. The largest absolute Gasteiger partial charge is 0.479 e. The predicted molar refractivity (Wildman–Crippen MR) is 86.4 cm³/mol. The Hall–Kier alpha value is -2.80. The molecule has 24 heavy (non-hydrogen) atoms. The first-order valence-electron chi connectivity index (χ1n) is 7.62. The number of carbonyl (C=O) groups is 2. The molecule has 1 aliphatic rings. The zero-order valence-corrected chi connectivity index (χ0v) is 13.1. The first kappa shape index (κ1) is 16.1. The van der Waals surface area contributed by atoms with Crippen LogP contribution < -0.4 is 5.32 Å². The standard InChI is InChI=1S/C17H17N3O4/c1-10-8-9-18-15(19-10)11-2-4-12(5-3-11)20-16(21)13-6-7-14(24-13)17(22)23/h2-5,8-9,13-14H,6-7H2,1H3,(H,20,21)(H,22,23)/t13-,14+/m0/s1. The van der Waals surface area contributed by atoms with Crippen molar-refractivity contribution < 1.29 is 19.4 Å². The van der Waals surface area contributed by atoms with Crippen molar-refractivity contribution in [3.05, 3.63) is 42.2 Å². The molecule has 0 bridgehead atoms. The highest BCUT2D eigenvalue weighted by Gasteiger charge is 2.34. The topological polar surface area (TPSA) is 101 Å². The lowest BCUT2D eigenvalue weighted by atomic mass is 10.1. The van der Waals surface area contributed by atoms with E-state index >= 15 is 0 Å². The second-order valence-corrected chi connectivity index (χ2v) is 5.62. The van der Waals surface area contributed by atoms with E-state index in [2.05, 4.69) is 15.3 Å². The number of anilines is 1. The maximum Gasteiger partial charge on any atom is 0.332 e.